The first kappa shape index (κ1) is 19.7. The third kappa shape index (κ3) is 4.23. The van der Waals surface area contributed by atoms with E-state index in [-0.39, 0.29) is 4.90 Å². The maximum absolute atomic E-state index is 13.4. The van der Waals surface area contributed by atoms with Crippen molar-refractivity contribution < 1.29 is 13.2 Å². The van der Waals surface area contributed by atoms with Crippen molar-refractivity contribution in [2.75, 3.05) is 0 Å². The first-order valence-corrected chi connectivity index (χ1v) is 11.6. The van der Waals surface area contributed by atoms with Gasteiger partial charge >= 0.3 is 0 Å². The molecule has 0 radical (unpaired) electrons. The molecule has 0 bridgehead atoms. The molecule has 0 saturated carbocycles. The van der Waals surface area contributed by atoms with Crippen LogP contribution in [0, 0.1) is 13.8 Å². The molecule has 0 unspecified atom stereocenters. The largest absolute Gasteiger partial charge is 0.461 e. The van der Waals surface area contributed by atoms with Crippen LogP contribution in [0.3, 0.4) is 0 Å². The van der Waals surface area contributed by atoms with Gasteiger partial charge in [-0.25, -0.2) is 13.4 Å². The van der Waals surface area contributed by atoms with Crippen LogP contribution in [0.1, 0.15) is 22.8 Å². The molecule has 6 heteroatoms. The Morgan fingerprint density at radius 3 is 2.03 bits per heavy atom. The number of aliphatic imine (C=N–C) groups is 1. The average molecular weight is 424 g/mol. The maximum Gasteiger partial charge on any atom is 0.252 e. The van der Waals surface area contributed by atoms with Crippen molar-refractivity contribution in [2.45, 2.75) is 35.1 Å². The molecular weight excluding hydrogens is 402 g/mol. The van der Waals surface area contributed by atoms with E-state index >= 15 is 0 Å². The van der Waals surface area contributed by atoms with Gasteiger partial charge in [0.1, 0.15) is 0 Å². The highest BCUT2D eigenvalue weighted by Gasteiger charge is 2.42. The molecule has 4 nitrogen and oxygen atoms in total. The monoisotopic (exact) mass is 423 g/mol. The van der Waals surface area contributed by atoms with Gasteiger partial charge in [0.25, 0.3) is 5.23 Å². The van der Waals surface area contributed by atoms with Gasteiger partial charge in [-0.05, 0) is 55.4 Å². The summed E-state index contributed by atoms with van der Waals surface area (Å²) in [7, 11) is -3.71. The molecule has 0 saturated heterocycles. The lowest BCUT2D eigenvalue weighted by Gasteiger charge is -2.18. The Kier molecular flexibility index (Phi) is 5.48. The van der Waals surface area contributed by atoms with Crippen LogP contribution in [0.25, 0.3) is 0 Å². The molecule has 1 heterocycles. The van der Waals surface area contributed by atoms with Crippen molar-refractivity contribution in [3.63, 3.8) is 0 Å². The van der Waals surface area contributed by atoms with E-state index in [2.05, 4.69) is 4.99 Å². The van der Waals surface area contributed by atoms with E-state index in [1.54, 1.807) is 24.3 Å². The zero-order chi connectivity index (χ0) is 20.4. The van der Waals surface area contributed by atoms with Crippen LogP contribution in [0.15, 0.2) is 93.6 Å². The minimum absolute atomic E-state index is 0.253. The lowest BCUT2D eigenvalue weighted by Crippen LogP contribution is -2.24. The van der Waals surface area contributed by atoms with Crippen molar-refractivity contribution in [1.29, 1.82) is 0 Å². The lowest BCUT2D eigenvalue weighted by atomic mass is 10.1. The summed E-state index contributed by atoms with van der Waals surface area (Å²) in [6.07, 6.45) is -0.685. The predicted molar refractivity (Wildman–Crippen MR) is 117 cm³/mol. The standard InChI is InChI=1S/C23H21NO3S2/c1-16-8-12-19(13-9-16)28-23-24-22(21(27-23)18-6-4-3-5-7-18)29(25,26)20-14-10-17(2)11-15-20/h3-15,21-22H,1-2H3/t21-,22-/m1/s1. The van der Waals surface area contributed by atoms with Crippen molar-refractivity contribution >= 4 is 26.8 Å². The summed E-state index contributed by atoms with van der Waals surface area (Å²) in [6.45, 7) is 3.95. The second kappa shape index (κ2) is 8.05. The Morgan fingerprint density at radius 1 is 0.828 bits per heavy atom. The highest BCUT2D eigenvalue weighted by Crippen LogP contribution is 2.39. The molecule has 3 aromatic rings. The van der Waals surface area contributed by atoms with Gasteiger partial charge in [0, 0.05) is 4.90 Å². The molecule has 4 rings (SSSR count). The Hall–Kier alpha value is -2.57. The van der Waals surface area contributed by atoms with Gasteiger partial charge in [0.05, 0.1) is 4.90 Å². The third-order valence-corrected chi connectivity index (χ3v) is 7.54. The number of benzene rings is 3. The van der Waals surface area contributed by atoms with Gasteiger partial charge in [-0.15, -0.1) is 0 Å². The molecule has 0 N–H and O–H groups in total. The first-order chi connectivity index (χ1) is 13.9. The highest BCUT2D eigenvalue weighted by molar-refractivity contribution is 8.13. The van der Waals surface area contributed by atoms with E-state index in [1.165, 1.54) is 11.8 Å². The molecule has 0 fully saturated rings. The number of hydrogen-bond donors (Lipinski definition) is 0. The Balaban J connectivity index is 1.70. The normalized spacial score (nSPS) is 18.9. The second-order valence-electron chi connectivity index (χ2n) is 7.01. The Labute approximate surface area is 175 Å². The molecular formula is C23H21NO3S2. The number of hydrogen-bond acceptors (Lipinski definition) is 5. The molecule has 1 aliphatic heterocycles. The molecule has 148 valence electrons. The third-order valence-electron chi connectivity index (χ3n) is 4.74. The second-order valence-corrected chi connectivity index (χ2v) is 10.1. The summed E-state index contributed by atoms with van der Waals surface area (Å²) in [5, 5.41) is -0.663. The molecule has 0 amide bonds. The predicted octanol–water partition coefficient (Wildman–Crippen LogP) is 5.32. The summed E-state index contributed by atoms with van der Waals surface area (Å²) in [6, 6.07) is 24.2. The van der Waals surface area contributed by atoms with E-state index < -0.39 is 21.3 Å². The van der Waals surface area contributed by atoms with E-state index in [9.17, 15) is 8.42 Å². The van der Waals surface area contributed by atoms with Gasteiger partial charge < -0.3 is 4.74 Å². The van der Waals surface area contributed by atoms with Crippen molar-refractivity contribution in [3.8, 4) is 0 Å². The van der Waals surface area contributed by atoms with Crippen LogP contribution >= 0.6 is 11.8 Å². The molecule has 3 aromatic carbocycles. The SMILES string of the molecule is Cc1ccc(SC2=N[C@H](S(=O)(=O)c3ccc(C)cc3)[C@@H](c3ccccc3)O2)cc1. The minimum atomic E-state index is -3.71. The first-order valence-electron chi connectivity index (χ1n) is 9.28. The fraction of sp³-hybridized carbons (Fsp3) is 0.174. The molecule has 1 aliphatic rings. The number of thioether (sulfide) groups is 1. The summed E-state index contributed by atoms with van der Waals surface area (Å²) in [5.41, 5.74) is 2.95. The minimum Gasteiger partial charge on any atom is -0.461 e. The number of aryl methyl sites for hydroxylation is 2. The average Bonchev–Trinajstić information content (AvgIpc) is 3.15. The van der Waals surface area contributed by atoms with E-state index in [1.807, 2.05) is 68.4 Å². The van der Waals surface area contributed by atoms with Gasteiger partial charge in [-0.1, -0.05) is 65.7 Å². The van der Waals surface area contributed by atoms with Gasteiger partial charge in [-0.3, -0.25) is 0 Å². The molecule has 2 atom stereocenters. The fourth-order valence-electron chi connectivity index (χ4n) is 3.10. The van der Waals surface area contributed by atoms with E-state index in [0.29, 0.717) is 5.23 Å². The molecule has 0 aromatic heterocycles. The van der Waals surface area contributed by atoms with Crippen LogP contribution in [-0.2, 0) is 14.6 Å². The molecule has 0 aliphatic carbocycles. The van der Waals surface area contributed by atoms with Crippen LogP contribution in [0.2, 0.25) is 0 Å². The zero-order valence-electron chi connectivity index (χ0n) is 16.1. The van der Waals surface area contributed by atoms with Crippen LogP contribution in [-0.4, -0.2) is 19.0 Å². The van der Waals surface area contributed by atoms with Crippen molar-refractivity contribution in [1.82, 2.24) is 0 Å². The quantitative estimate of drug-likeness (QED) is 0.570. The Bertz CT molecular complexity index is 1120. The fourth-order valence-corrected chi connectivity index (χ4v) is 5.53. The number of ether oxygens (including phenoxy) is 1. The van der Waals surface area contributed by atoms with Gasteiger partial charge in [0.2, 0.25) is 15.2 Å². The number of nitrogens with zero attached hydrogens (tertiary/aromatic N) is 1. The highest BCUT2D eigenvalue weighted by atomic mass is 32.2. The topological polar surface area (TPSA) is 55.7 Å². The van der Waals surface area contributed by atoms with Crippen molar-refractivity contribution in [2.24, 2.45) is 4.99 Å². The lowest BCUT2D eigenvalue weighted by molar-refractivity contribution is 0.224. The van der Waals surface area contributed by atoms with Gasteiger partial charge in [-0.2, -0.15) is 0 Å². The summed E-state index contributed by atoms with van der Waals surface area (Å²) in [4.78, 5) is 5.71. The van der Waals surface area contributed by atoms with Crippen molar-refractivity contribution in [3.05, 3.63) is 95.6 Å². The van der Waals surface area contributed by atoms with Crippen LogP contribution < -0.4 is 0 Å². The summed E-state index contributed by atoms with van der Waals surface area (Å²) < 4.78 is 32.8. The Morgan fingerprint density at radius 2 is 1.41 bits per heavy atom. The van der Waals surface area contributed by atoms with E-state index in [0.717, 1.165) is 21.6 Å². The maximum atomic E-state index is 13.4. The summed E-state index contributed by atoms with van der Waals surface area (Å²) in [5.74, 6) is 0. The number of rotatable bonds is 4. The van der Waals surface area contributed by atoms with E-state index in [4.69, 9.17) is 4.74 Å². The smallest absolute Gasteiger partial charge is 0.252 e. The van der Waals surface area contributed by atoms with Crippen LogP contribution in [0.4, 0.5) is 0 Å². The zero-order valence-corrected chi connectivity index (χ0v) is 17.8. The van der Waals surface area contributed by atoms with Crippen LogP contribution in [0.5, 0.6) is 0 Å². The molecule has 0 spiro atoms. The number of sulfone groups is 1. The molecule has 29 heavy (non-hydrogen) atoms. The summed E-state index contributed by atoms with van der Waals surface area (Å²) >= 11 is 1.34. The van der Waals surface area contributed by atoms with Gasteiger partial charge in [0.15, 0.2) is 6.10 Å².